The van der Waals surface area contributed by atoms with Gasteiger partial charge in [-0.05, 0) is 6.92 Å². The highest BCUT2D eigenvalue weighted by atomic mass is 16.7. The summed E-state index contributed by atoms with van der Waals surface area (Å²) in [5.41, 5.74) is 0. The van der Waals surface area contributed by atoms with Gasteiger partial charge in [-0.15, -0.1) is 0 Å². The maximum Gasteiger partial charge on any atom is 0.508 e. The molecular weight excluding hydrogens is 112 g/mol. The molecule has 0 aromatic heterocycles. The van der Waals surface area contributed by atoms with Gasteiger partial charge in [0.15, 0.2) is 0 Å². The summed E-state index contributed by atoms with van der Waals surface area (Å²) in [6.07, 6.45) is -1.99. The van der Waals surface area contributed by atoms with Gasteiger partial charge in [0.05, 0.1) is 0 Å². The van der Waals surface area contributed by atoms with Gasteiger partial charge in [-0.3, -0.25) is 0 Å². The van der Waals surface area contributed by atoms with Gasteiger partial charge in [-0.2, -0.15) is 0 Å². The van der Waals surface area contributed by atoms with Crippen molar-refractivity contribution in [3.05, 3.63) is 0 Å². The molecule has 0 heterocycles. The average molecular weight is 120 g/mol. The van der Waals surface area contributed by atoms with Crippen LogP contribution in [0.4, 0.5) is 4.79 Å². The standard InChI is InChI=1S/C4H8O4/c1-3(7-2)8-4(5)6/h3H,1-2H3,(H,5,6). The second-order valence-electron chi connectivity index (χ2n) is 1.19. The molecule has 0 aliphatic heterocycles. The van der Waals surface area contributed by atoms with E-state index in [0.29, 0.717) is 0 Å². The maximum absolute atomic E-state index is 9.67. The number of methoxy groups -OCH3 is 1. The van der Waals surface area contributed by atoms with E-state index in [1.807, 2.05) is 0 Å². The van der Waals surface area contributed by atoms with Gasteiger partial charge in [-0.1, -0.05) is 0 Å². The van der Waals surface area contributed by atoms with E-state index in [-0.39, 0.29) is 0 Å². The first-order chi connectivity index (χ1) is 3.66. The Morgan fingerprint density at radius 2 is 2.25 bits per heavy atom. The first-order valence-electron chi connectivity index (χ1n) is 2.09. The molecule has 0 bridgehead atoms. The van der Waals surface area contributed by atoms with E-state index in [9.17, 15) is 4.79 Å². The van der Waals surface area contributed by atoms with Crippen molar-refractivity contribution in [1.82, 2.24) is 0 Å². The van der Waals surface area contributed by atoms with Crippen LogP contribution in [-0.4, -0.2) is 24.7 Å². The molecule has 4 heteroatoms. The van der Waals surface area contributed by atoms with Crippen molar-refractivity contribution in [3.63, 3.8) is 0 Å². The van der Waals surface area contributed by atoms with E-state index in [0.717, 1.165) is 0 Å². The van der Waals surface area contributed by atoms with Gasteiger partial charge >= 0.3 is 6.16 Å². The second kappa shape index (κ2) is 3.26. The molecule has 1 N–H and O–H groups in total. The monoisotopic (exact) mass is 120 g/mol. The Labute approximate surface area is 47.0 Å². The van der Waals surface area contributed by atoms with E-state index in [1.54, 1.807) is 0 Å². The van der Waals surface area contributed by atoms with E-state index in [2.05, 4.69) is 9.47 Å². The zero-order valence-electron chi connectivity index (χ0n) is 4.75. The molecule has 0 fully saturated rings. The molecule has 4 nitrogen and oxygen atoms in total. The Morgan fingerprint density at radius 3 is 2.38 bits per heavy atom. The van der Waals surface area contributed by atoms with Crippen LogP contribution in [-0.2, 0) is 9.47 Å². The zero-order valence-corrected chi connectivity index (χ0v) is 4.75. The summed E-state index contributed by atoms with van der Waals surface area (Å²) in [6.45, 7) is 1.49. The summed E-state index contributed by atoms with van der Waals surface area (Å²) < 4.78 is 8.55. The highest BCUT2D eigenvalue weighted by Crippen LogP contribution is 1.89. The van der Waals surface area contributed by atoms with Crippen LogP contribution < -0.4 is 0 Å². The normalized spacial score (nSPS) is 12.8. The van der Waals surface area contributed by atoms with Gasteiger partial charge < -0.3 is 14.6 Å². The van der Waals surface area contributed by atoms with Crippen molar-refractivity contribution in [2.75, 3.05) is 7.11 Å². The van der Waals surface area contributed by atoms with Crippen LogP contribution in [0.2, 0.25) is 0 Å². The van der Waals surface area contributed by atoms with Gasteiger partial charge in [0, 0.05) is 7.11 Å². The van der Waals surface area contributed by atoms with Crippen LogP contribution in [0.1, 0.15) is 6.92 Å². The molecular formula is C4H8O4. The molecule has 0 saturated carbocycles. The maximum atomic E-state index is 9.67. The van der Waals surface area contributed by atoms with Crippen LogP contribution in [0.5, 0.6) is 0 Å². The fourth-order valence-electron chi connectivity index (χ4n) is 0.190. The fraction of sp³-hybridized carbons (Fsp3) is 0.750. The number of carbonyl (C=O) groups is 1. The van der Waals surface area contributed by atoms with Crippen molar-refractivity contribution < 1.29 is 19.4 Å². The molecule has 0 saturated heterocycles. The van der Waals surface area contributed by atoms with Gasteiger partial charge in [-0.25, -0.2) is 4.79 Å². The van der Waals surface area contributed by atoms with Crippen molar-refractivity contribution in [2.24, 2.45) is 0 Å². The molecule has 0 spiro atoms. The molecule has 0 aliphatic rings. The van der Waals surface area contributed by atoms with Crippen LogP contribution in [0.3, 0.4) is 0 Å². The van der Waals surface area contributed by atoms with Crippen molar-refractivity contribution >= 4 is 6.16 Å². The first kappa shape index (κ1) is 7.23. The van der Waals surface area contributed by atoms with Gasteiger partial charge in [0.2, 0.25) is 6.29 Å². The lowest BCUT2D eigenvalue weighted by Crippen LogP contribution is -2.14. The predicted molar refractivity (Wildman–Crippen MR) is 25.6 cm³/mol. The lowest BCUT2D eigenvalue weighted by atomic mass is 10.8. The van der Waals surface area contributed by atoms with E-state index in [4.69, 9.17) is 5.11 Å². The number of rotatable bonds is 2. The SMILES string of the molecule is COC(C)OC(=O)O. The summed E-state index contributed by atoms with van der Waals surface area (Å²) in [4.78, 5) is 9.67. The molecule has 48 valence electrons. The molecule has 0 rings (SSSR count). The average Bonchev–Trinajstić information content (AvgIpc) is 1.65. The fourth-order valence-corrected chi connectivity index (χ4v) is 0.190. The lowest BCUT2D eigenvalue weighted by Gasteiger charge is -2.05. The minimum Gasteiger partial charge on any atom is -0.450 e. The van der Waals surface area contributed by atoms with Crippen LogP contribution >= 0.6 is 0 Å². The topological polar surface area (TPSA) is 55.8 Å². The quantitative estimate of drug-likeness (QED) is 0.430. The largest absolute Gasteiger partial charge is 0.508 e. The number of ether oxygens (including phenoxy) is 2. The number of hydrogen-bond donors (Lipinski definition) is 1. The predicted octanol–water partition coefficient (Wildman–Crippen LogP) is 0.673. The summed E-state index contributed by atoms with van der Waals surface area (Å²) in [7, 11) is 1.37. The molecule has 0 aromatic carbocycles. The Morgan fingerprint density at radius 1 is 1.75 bits per heavy atom. The van der Waals surface area contributed by atoms with Crippen LogP contribution in [0.25, 0.3) is 0 Å². The van der Waals surface area contributed by atoms with Crippen LogP contribution in [0, 0.1) is 0 Å². The minimum absolute atomic E-state index is 0.674. The summed E-state index contributed by atoms with van der Waals surface area (Å²) in [5, 5.41) is 7.91. The summed E-state index contributed by atoms with van der Waals surface area (Å²) in [6, 6.07) is 0. The Balaban J connectivity index is 3.24. The third-order valence-electron chi connectivity index (χ3n) is 0.599. The molecule has 0 aromatic rings. The van der Waals surface area contributed by atoms with E-state index >= 15 is 0 Å². The Hall–Kier alpha value is -0.770. The highest BCUT2D eigenvalue weighted by Gasteiger charge is 2.02. The molecule has 0 radical (unpaired) electrons. The number of hydrogen-bond acceptors (Lipinski definition) is 3. The molecule has 1 unspecified atom stereocenters. The summed E-state index contributed by atoms with van der Waals surface area (Å²) in [5.74, 6) is 0. The molecule has 0 aliphatic carbocycles. The van der Waals surface area contributed by atoms with Gasteiger partial charge in [0.25, 0.3) is 0 Å². The third-order valence-corrected chi connectivity index (χ3v) is 0.599. The van der Waals surface area contributed by atoms with E-state index in [1.165, 1.54) is 14.0 Å². The summed E-state index contributed by atoms with van der Waals surface area (Å²) >= 11 is 0. The molecule has 0 amide bonds. The zero-order chi connectivity index (χ0) is 6.57. The van der Waals surface area contributed by atoms with E-state index < -0.39 is 12.4 Å². The second-order valence-corrected chi connectivity index (χ2v) is 1.19. The lowest BCUT2D eigenvalue weighted by molar-refractivity contribution is -0.0833. The van der Waals surface area contributed by atoms with Gasteiger partial charge in [0.1, 0.15) is 0 Å². The smallest absolute Gasteiger partial charge is 0.450 e. The number of carboxylic acid groups (broad SMARTS) is 1. The van der Waals surface area contributed by atoms with Crippen molar-refractivity contribution in [3.8, 4) is 0 Å². The van der Waals surface area contributed by atoms with Crippen LogP contribution in [0.15, 0.2) is 0 Å². The first-order valence-corrected chi connectivity index (χ1v) is 2.09. The Kier molecular flexibility index (Phi) is 2.95. The minimum atomic E-state index is -1.32. The molecule has 8 heavy (non-hydrogen) atoms. The van der Waals surface area contributed by atoms with Crippen molar-refractivity contribution in [2.45, 2.75) is 13.2 Å². The van der Waals surface area contributed by atoms with Crippen molar-refractivity contribution in [1.29, 1.82) is 0 Å². The molecule has 1 atom stereocenters. The Bertz CT molecular complexity index is 80.1. The third kappa shape index (κ3) is 3.42. The highest BCUT2D eigenvalue weighted by molar-refractivity contribution is 5.56.